The van der Waals surface area contributed by atoms with E-state index in [2.05, 4.69) is 15.0 Å². The molecule has 2 aromatic rings. The number of halogens is 3. The van der Waals surface area contributed by atoms with Gasteiger partial charge in [-0.1, -0.05) is 18.5 Å². The minimum Gasteiger partial charge on any atom is -0.493 e. The molecular formula is C17H20F3N3O3. The summed E-state index contributed by atoms with van der Waals surface area (Å²) in [6, 6.07) is 2.78. The molecule has 2 heterocycles. The molecule has 26 heavy (non-hydrogen) atoms. The summed E-state index contributed by atoms with van der Waals surface area (Å²) in [5.41, 5.74) is 0.804. The number of ether oxygens (including phenoxy) is 1. The van der Waals surface area contributed by atoms with Crippen molar-refractivity contribution in [1.29, 1.82) is 0 Å². The molecule has 1 aromatic carbocycles. The number of rotatable bonds is 7. The van der Waals surface area contributed by atoms with Crippen LogP contribution in [-0.2, 0) is 12.6 Å². The molecule has 0 aliphatic carbocycles. The summed E-state index contributed by atoms with van der Waals surface area (Å²) < 4.78 is 49.3. The highest BCUT2D eigenvalue weighted by atomic mass is 19.4. The van der Waals surface area contributed by atoms with Gasteiger partial charge in [0.05, 0.1) is 12.0 Å². The lowest BCUT2D eigenvalue weighted by molar-refractivity contribution is -0.154. The molecule has 0 spiro atoms. The van der Waals surface area contributed by atoms with Crippen LogP contribution in [0.5, 0.6) is 5.75 Å². The van der Waals surface area contributed by atoms with E-state index in [1.807, 2.05) is 6.92 Å². The second-order valence-corrected chi connectivity index (χ2v) is 6.12. The average Bonchev–Trinajstić information content (AvgIpc) is 3.19. The summed E-state index contributed by atoms with van der Waals surface area (Å²) in [5.74, 6) is -0.580. The van der Waals surface area contributed by atoms with Gasteiger partial charge >= 0.3 is 12.2 Å². The van der Waals surface area contributed by atoms with Gasteiger partial charge in [0.25, 0.3) is 0 Å². The number of aryl methyl sites for hydroxylation is 1. The highest BCUT2D eigenvalue weighted by molar-refractivity contribution is 5.86. The van der Waals surface area contributed by atoms with Crippen molar-refractivity contribution in [1.82, 2.24) is 15.4 Å². The lowest BCUT2D eigenvalue weighted by Gasteiger charge is -2.15. The Bertz CT molecular complexity index is 789. The molecule has 0 radical (unpaired) electrons. The van der Waals surface area contributed by atoms with Crippen LogP contribution in [0.4, 0.5) is 18.0 Å². The van der Waals surface area contributed by atoms with Crippen LogP contribution in [0.25, 0.3) is 10.9 Å². The Hall–Kier alpha value is -2.45. The Morgan fingerprint density at radius 1 is 1.38 bits per heavy atom. The van der Waals surface area contributed by atoms with Gasteiger partial charge in [0.15, 0.2) is 0 Å². The van der Waals surface area contributed by atoms with E-state index in [9.17, 15) is 18.0 Å². The predicted molar refractivity (Wildman–Crippen MR) is 88.1 cm³/mol. The van der Waals surface area contributed by atoms with E-state index < -0.39 is 11.9 Å². The zero-order chi connectivity index (χ0) is 18.7. The molecule has 1 fully saturated rings. The van der Waals surface area contributed by atoms with Crippen LogP contribution in [0.3, 0.4) is 0 Å². The quantitative estimate of drug-likeness (QED) is 0.756. The van der Waals surface area contributed by atoms with Crippen molar-refractivity contribution in [3.05, 3.63) is 23.5 Å². The molecular weight excluding hydrogens is 351 g/mol. The Morgan fingerprint density at radius 3 is 2.85 bits per heavy atom. The van der Waals surface area contributed by atoms with Crippen LogP contribution in [0.15, 0.2) is 16.7 Å². The number of benzene rings is 1. The maximum absolute atomic E-state index is 13.0. The third-order valence-electron chi connectivity index (χ3n) is 4.25. The molecule has 1 saturated heterocycles. The van der Waals surface area contributed by atoms with E-state index in [0.29, 0.717) is 50.4 Å². The van der Waals surface area contributed by atoms with Crippen LogP contribution in [0, 0.1) is 0 Å². The fourth-order valence-electron chi connectivity index (χ4n) is 3.04. The van der Waals surface area contributed by atoms with Gasteiger partial charge in [0.2, 0.25) is 5.76 Å². The highest BCUT2D eigenvalue weighted by Gasteiger charge is 2.38. The summed E-state index contributed by atoms with van der Waals surface area (Å²) in [4.78, 5) is 13.2. The SMILES string of the molecule is CCCc1c(OCCCN2CCNC2=O)ccc2c(C(F)(F)F)onc12. The Morgan fingerprint density at radius 2 is 2.19 bits per heavy atom. The highest BCUT2D eigenvalue weighted by Crippen LogP contribution is 2.38. The lowest BCUT2D eigenvalue weighted by atomic mass is 10.0. The molecule has 0 atom stereocenters. The Balaban J connectivity index is 1.73. The summed E-state index contributed by atoms with van der Waals surface area (Å²) >= 11 is 0. The number of urea groups is 1. The number of carbonyl (C=O) groups is 1. The molecule has 1 aliphatic rings. The standard InChI is InChI=1S/C17H20F3N3O3/c1-2-4-11-13(25-10-3-8-23-9-7-21-16(23)24)6-5-12-14(11)22-26-15(12)17(18,19)20/h5-6H,2-4,7-10H2,1H3,(H,21,24). The van der Waals surface area contributed by atoms with Gasteiger partial charge in [0, 0.05) is 25.2 Å². The summed E-state index contributed by atoms with van der Waals surface area (Å²) in [6.45, 7) is 4.17. The first kappa shape index (κ1) is 18.3. The van der Waals surface area contributed by atoms with Crippen LogP contribution in [0.1, 0.15) is 31.1 Å². The maximum Gasteiger partial charge on any atom is 0.453 e. The van der Waals surface area contributed by atoms with Gasteiger partial charge in [-0.25, -0.2) is 4.79 Å². The predicted octanol–water partition coefficient (Wildman–Crippen LogP) is 3.59. The molecule has 3 rings (SSSR count). The van der Waals surface area contributed by atoms with Gasteiger partial charge < -0.3 is 19.5 Å². The Kier molecular flexibility index (Phi) is 5.24. The molecule has 0 saturated carbocycles. The van der Waals surface area contributed by atoms with Gasteiger partial charge in [-0.05, 0) is 25.0 Å². The second-order valence-electron chi connectivity index (χ2n) is 6.12. The summed E-state index contributed by atoms with van der Waals surface area (Å²) in [5, 5.41) is 6.30. The number of amides is 2. The number of hydrogen-bond donors (Lipinski definition) is 1. The van der Waals surface area contributed by atoms with E-state index >= 15 is 0 Å². The van der Waals surface area contributed by atoms with Gasteiger partial charge in [0.1, 0.15) is 11.3 Å². The monoisotopic (exact) mass is 371 g/mol. The average molecular weight is 371 g/mol. The molecule has 142 valence electrons. The van der Waals surface area contributed by atoms with Gasteiger partial charge in [-0.15, -0.1) is 0 Å². The zero-order valence-corrected chi connectivity index (χ0v) is 14.4. The number of aromatic nitrogens is 1. The van der Waals surface area contributed by atoms with E-state index in [1.54, 1.807) is 4.90 Å². The smallest absolute Gasteiger partial charge is 0.453 e. The second kappa shape index (κ2) is 7.43. The van der Waals surface area contributed by atoms with Crippen molar-refractivity contribution < 1.29 is 27.2 Å². The first-order chi connectivity index (χ1) is 12.4. The molecule has 0 bridgehead atoms. The van der Waals surface area contributed by atoms with Crippen molar-refractivity contribution in [3.63, 3.8) is 0 Å². The molecule has 1 aliphatic heterocycles. The van der Waals surface area contributed by atoms with Crippen LogP contribution >= 0.6 is 0 Å². The fraction of sp³-hybridized carbons (Fsp3) is 0.529. The number of nitrogens with zero attached hydrogens (tertiary/aromatic N) is 2. The van der Waals surface area contributed by atoms with E-state index in [4.69, 9.17) is 4.74 Å². The Labute approximate surface area is 148 Å². The van der Waals surface area contributed by atoms with Gasteiger partial charge in [-0.3, -0.25) is 0 Å². The maximum atomic E-state index is 13.0. The van der Waals surface area contributed by atoms with Crippen LogP contribution in [0.2, 0.25) is 0 Å². The lowest BCUT2D eigenvalue weighted by Crippen LogP contribution is -2.29. The number of hydrogen-bond acceptors (Lipinski definition) is 4. The first-order valence-electron chi connectivity index (χ1n) is 8.56. The van der Waals surface area contributed by atoms with E-state index in [1.165, 1.54) is 12.1 Å². The van der Waals surface area contributed by atoms with Crippen molar-refractivity contribution in [2.24, 2.45) is 0 Å². The number of alkyl halides is 3. The van der Waals surface area contributed by atoms with Crippen molar-refractivity contribution >= 4 is 16.9 Å². The molecule has 1 aromatic heterocycles. The zero-order valence-electron chi connectivity index (χ0n) is 14.4. The first-order valence-corrected chi connectivity index (χ1v) is 8.56. The van der Waals surface area contributed by atoms with E-state index in [0.717, 1.165) is 6.42 Å². The topological polar surface area (TPSA) is 67.6 Å². The molecule has 9 heteroatoms. The summed E-state index contributed by atoms with van der Waals surface area (Å²) in [7, 11) is 0. The third kappa shape index (κ3) is 3.71. The minimum atomic E-state index is -4.59. The van der Waals surface area contributed by atoms with Crippen LogP contribution < -0.4 is 10.1 Å². The molecule has 1 N–H and O–H groups in total. The molecule has 0 unspecified atom stereocenters. The van der Waals surface area contributed by atoms with Crippen molar-refractivity contribution in [3.8, 4) is 5.75 Å². The fourth-order valence-corrected chi connectivity index (χ4v) is 3.04. The summed E-state index contributed by atoms with van der Waals surface area (Å²) in [6.07, 6.45) is -2.69. The van der Waals surface area contributed by atoms with Crippen molar-refractivity contribution in [2.75, 3.05) is 26.2 Å². The molecule has 2 amide bonds. The third-order valence-corrected chi connectivity index (χ3v) is 4.25. The number of carbonyl (C=O) groups excluding carboxylic acids is 1. The van der Waals surface area contributed by atoms with E-state index in [-0.39, 0.29) is 16.9 Å². The largest absolute Gasteiger partial charge is 0.493 e. The van der Waals surface area contributed by atoms with Crippen LogP contribution in [-0.4, -0.2) is 42.3 Å². The van der Waals surface area contributed by atoms with Gasteiger partial charge in [-0.2, -0.15) is 13.2 Å². The number of fused-ring (bicyclic) bond motifs is 1. The minimum absolute atomic E-state index is 0.0537. The normalized spacial score (nSPS) is 14.9. The molecule has 6 nitrogen and oxygen atoms in total. The van der Waals surface area contributed by atoms with Crippen molar-refractivity contribution in [2.45, 2.75) is 32.4 Å². The number of nitrogens with one attached hydrogen (secondary N) is 1.